The lowest BCUT2D eigenvalue weighted by Crippen LogP contribution is -2.52. The van der Waals surface area contributed by atoms with E-state index >= 15 is 0 Å². The fourth-order valence-electron chi connectivity index (χ4n) is 6.27. The molecule has 1 saturated heterocycles. The van der Waals surface area contributed by atoms with E-state index in [4.69, 9.17) is 14.2 Å². The minimum atomic E-state index is -0.642. The van der Waals surface area contributed by atoms with Gasteiger partial charge in [-0.15, -0.1) is 0 Å². The third kappa shape index (κ3) is 4.49. The summed E-state index contributed by atoms with van der Waals surface area (Å²) in [6, 6.07) is 13.5. The molecule has 4 aromatic rings. The Kier molecular flexibility index (Phi) is 6.26. The fourth-order valence-corrected chi connectivity index (χ4v) is 6.27. The Bertz CT molecular complexity index is 1750. The molecule has 2 aromatic carbocycles. The van der Waals surface area contributed by atoms with Crippen molar-refractivity contribution in [1.82, 2.24) is 14.5 Å². The lowest BCUT2D eigenvalue weighted by Gasteiger charge is -2.44. The molecule has 9 nitrogen and oxygen atoms in total. The number of rotatable bonds is 5. The molecule has 3 aliphatic rings. The van der Waals surface area contributed by atoms with Crippen LogP contribution in [0.5, 0.6) is 11.5 Å². The van der Waals surface area contributed by atoms with E-state index < -0.39 is 11.6 Å². The molecule has 1 amide bonds. The van der Waals surface area contributed by atoms with Gasteiger partial charge in [-0.25, -0.2) is 4.79 Å². The van der Waals surface area contributed by atoms with Crippen LogP contribution in [0.25, 0.3) is 22.0 Å². The van der Waals surface area contributed by atoms with E-state index in [9.17, 15) is 14.4 Å². The number of carbonyl (C=O) groups is 3. The van der Waals surface area contributed by atoms with Crippen molar-refractivity contribution < 1.29 is 28.6 Å². The Morgan fingerprint density at radius 2 is 1.79 bits per heavy atom. The molecule has 0 N–H and O–H groups in total. The zero-order valence-electron chi connectivity index (χ0n) is 23.6. The maximum Gasteiger partial charge on any atom is 0.339 e. The standard InChI is InChI=1S/C33H31N3O6/c1-40-30-16-21(15-27-25(30)7-10-36(27)24-4-5-24)31(38)35-11-8-33(9-12-35)17-28(37)26-14-20(3-6-29(26)42-33)22-13-23(19-34-18-22)32(39)41-2/h3,6-7,10,13-16,18-19,24H,4-5,8-9,11-12,17H2,1-2H3. The number of likely N-dealkylation sites (tertiary alicyclic amines) is 1. The largest absolute Gasteiger partial charge is 0.496 e. The van der Waals surface area contributed by atoms with Crippen molar-refractivity contribution in [3.8, 4) is 22.6 Å². The number of fused-ring (bicyclic) bond motifs is 2. The van der Waals surface area contributed by atoms with E-state index in [1.165, 1.54) is 13.3 Å². The molecule has 2 aliphatic heterocycles. The number of hydrogen-bond donors (Lipinski definition) is 0. The van der Waals surface area contributed by atoms with E-state index in [-0.39, 0.29) is 18.1 Å². The van der Waals surface area contributed by atoms with Crippen molar-refractivity contribution >= 4 is 28.6 Å². The van der Waals surface area contributed by atoms with Crippen molar-refractivity contribution in [2.24, 2.45) is 0 Å². The van der Waals surface area contributed by atoms with Crippen LogP contribution in [0.4, 0.5) is 0 Å². The predicted molar refractivity (Wildman–Crippen MR) is 155 cm³/mol. The maximum absolute atomic E-state index is 13.6. The van der Waals surface area contributed by atoms with Gasteiger partial charge in [0, 0.05) is 67.1 Å². The second-order valence-corrected chi connectivity index (χ2v) is 11.4. The first-order valence-electron chi connectivity index (χ1n) is 14.3. The lowest BCUT2D eigenvalue weighted by atomic mass is 9.82. The van der Waals surface area contributed by atoms with E-state index in [0.717, 1.165) is 29.3 Å². The smallest absolute Gasteiger partial charge is 0.339 e. The molecule has 42 heavy (non-hydrogen) atoms. The van der Waals surface area contributed by atoms with Crippen molar-refractivity contribution in [2.45, 2.75) is 43.7 Å². The normalized spacial score (nSPS) is 17.6. The Morgan fingerprint density at radius 3 is 2.52 bits per heavy atom. The fraction of sp³-hybridized carbons (Fsp3) is 0.333. The van der Waals surface area contributed by atoms with Crippen LogP contribution < -0.4 is 9.47 Å². The quantitative estimate of drug-likeness (QED) is 0.296. The van der Waals surface area contributed by atoms with Crippen LogP contribution in [0.1, 0.15) is 69.2 Å². The van der Waals surface area contributed by atoms with E-state index in [2.05, 4.69) is 21.8 Å². The molecule has 1 saturated carbocycles. The molecule has 2 fully saturated rings. The van der Waals surface area contributed by atoms with Crippen LogP contribution in [-0.2, 0) is 4.74 Å². The highest BCUT2D eigenvalue weighted by atomic mass is 16.5. The molecule has 7 rings (SSSR count). The van der Waals surface area contributed by atoms with Gasteiger partial charge in [-0.3, -0.25) is 14.6 Å². The summed E-state index contributed by atoms with van der Waals surface area (Å²) in [6.07, 6.45) is 8.86. The molecule has 0 unspecified atom stereocenters. The number of carbonyl (C=O) groups excluding carboxylic acids is 3. The summed E-state index contributed by atoms with van der Waals surface area (Å²) in [5.41, 5.74) is 3.32. The zero-order chi connectivity index (χ0) is 29.0. The number of piperidine rings is 1. The second kappa shape index (κ2) is 10.0. The first-order valence-corrected chi connectivity index (χ1v) is 14.3. The molecule has 214 valence electrons. The van der Waals surface area contributed by atoms with E-state index in [0.29, 0.717) is 65.7 Å². The van der Waals surface area contributed by atoms with Gasteiger partial charge in [-0.1, -0.05) is 6.07 Å². The zero-order valence-corrected chi connectivity index (χ0v) is 23.6. The van der Waals surface area contributed by atoms with Gasteiger partial charge >= 0.3 is 5.97 Å². The number of benzene rings is 2. The summed E-state index contributed by atoms with van der Waals surface area (Å²) in [5, 5.41) is 1.02. The Morgan fingerprint density at radius 1 is 0.976 bits per heavy atom. The van der Waals surface area contributed by atoms with Gasteiger partial charge < -0.3 is 23.7 Å². The molecular formula is C33H31N3O6. The molecule has 0 radical (unpaired) electrons. The SMILES string of the molecule is COC(=O)c1cncc(-c2ccc3c(c2)C(=O)CC2(CCN(C(=O)c4cc(OC)c5ccn(C6CC6)c5c4)CC2)O3)c1. The van der Waals surface area contributed by atoms with Crippen LogP contribution in [0.2, 0.25) is 0 Å². The summed E-state index contributed by atoms with van der Waals surface area (Å²) in [6.45, 7) is 0.991. The molecule has 4 heterocycles. The van der Waals surface area contributed by atoms with Gasteiger partial charge in [0.15, 0.2) is 5.78 Å². The van der Waals surface area contributed by atoms with Crippen LogP contribution in [0, 0.1) is 0 Å². The Hall–Kier alpha value is -4.66. The molecule has 1 aliphatic carbocycles. The maximum atomic E-state index is 13.6. The number of esters is 1. The molecular weight excluding hydrogens is 534 g/mol. The minimum absolute atomic E-state index is 0.00554. The van der Waals surface area contributed by atoms with Crippen LogP contribution in [0.3, 0.4) is 0 Å². The van der Waals surface area contributed by atoms with Gasteiger partial charge in [0.05, 0.1) is 37.3 Å². The van der Waals surface area contributed by atoms with Gasteiger partial charge in [0.25, 0.3) is 5.91 Å². The summed E-state index contributed by atoms with van der Waals surface area (Å²) in [5.74, 6) is 0.743. The molecule has 0 atom stereocenters. The summed E-state index contributed by atoms with van der Waals surface area (Å²) in [7, 11) is 2.96. The third-order valence-electron chi connectivity index (χ3n) is 8.75. The lowest BCUT2D eigenvalue weighted by molar-refractivity contribution is -0.00571. The first-order chi connectivity index (χ1) is 20.4. The number of nitrogens with zero attached hydrogens (tertiary/aromatic N) is 3. The van der Waals surface area contributed by atoms with Crippen molar-refractivity contribution in [2.75, 3.05) is 27.3 Å². The predicted octanol–water partition coefficient (Wildman–Crippen LogP) is 5.47. The van der Waals surface area contributed by atoms with E-state index in [1.807, 2.05) is 29.2 Å². The van der Waals surface area contributed by atoms with Crippen molar-refractivity contribution in [3.05, 3.63) is 77.7 Å². The highest BCUT2D eigenvalue weighted by molar-refractivity contribution is 6.02. The first kappa shape index (κ1) is 26.3. The number of ketones is 1. The van der Waals surface area contributed by atoms with Crippen LogP contribution in [-0.4, -0.2) is 65.0 Å². The highest BCUT2D eigenvalue weighted by Gasteiger charge is 2.44. The molecule has 9 heteroatoms. The number of methoxy groups -OCH3 is 2. The number of hydrogen-bond acceptors (Lipinski definition) is 7. The Labute approximate surface area is 243 Å². The van der Waals surface area contributed by atoms with Crippen LogP contribution >= 0.6 is 0 Å². The molecule has 1 spiro atoms. The summed E-state index contributed by atoms with van der Waals surface area (Å²) < 4.78 is 19.2. The average Bonchev–Trinajstić information content (AvgIpc) is 3.78. The Balaban J connectivity index is 1.08. The van der Waals surface area contributed by atoms with Crippen LogP contribution in [0.15, 0.2) is 61.1 Å². The summed E-state index contributed by atoms with van der Waals surface area (Å²) >= 11 is 0. The number of pyridine rings is 1. The summed E-state index contributed by atoms with van der Waals surface area (Å²) in [4.78, 5) is 45.0. The highest BCUT2D eigenvalue weighted by Crippen LogP contribution is 2.42. The van der Waals surface area contributed by atoms with Crippen molar-refractivity contribution in [3.63, 3.8) is 0 Å². The van der Waals surface area contributed by atoms with Gasteiger partial charge in [0.2, 0.25) is 0 Å². The third-order valence-corrected chi connectivity index (χ3v) is 8.75. The number of ether oxygens (including phenoxy) is 3. The van der Waals surface area contributed by atoms with Gasteiger partial charge in [-0.2, -0.15) is 0 Å². The monoisotopic (exact) mass is 565 g/mol. The number of amides is 1. The van der Waals surface area contributed by atoms with Gasteiger partial charge in [0.1, 0.15) is 17.1 Å². The minimum Gasteiger partial charge on any atom is -0.496 e. The number of Topliss-reactive ketones (excluding diaryl/α,β-unsaturated/α-hetero) is 1. The average molecular weight is 566 g/mol. The van der Waals surface area contributed by atoms with Gasteiger partial charge in [-0.05, 0) is 54.8 Å². The topological polar surface area (TPSA) is 100.0 Å². The van der Waals surface area contributed by atoms with E-state index in [1.54, 1.807) is 25.4 Å². The molecule has 0 bridgehead atoms. The second-order valence-electron chi connectivity index (χ2n) is 11.4. The number of aromatic nitrogens is 2. The van der Waals surface area contributed by atoms with Crippen molar-refractivity contribution in [1.29, 1.82) is 0 Å². The molecule has 2 aromatic heterocycles.